The topological polar surface area (TPSA) is 103 Å². The van der Waals surface area contributed by atoms with Gasteiger partial charge in [-0.3, -0.25) is 9.59 Å². The van der Waals surface area contributed by atoms with Crippen LogP contribution in [-0.4, -0.2) is 26.6 Å². The molecule has 0 radical (unpaired) electrons. The number of nitrogens with zero attached hydrogens (tertiary/aromatic N) is 3. The van der Waals surface area contributed by atoms with Crippen molar-refractivity contribution in [1.29, 1.82) is 0 Å². The van der Waals surface area contributed by atoms with E-state index in [0.29, 0.717) is 18.2 Å². The van der Waals surface area contributed by atoms with Gasteiger partial charge < -0.3 is 11.1 Å². The molecule has 0 aliphatic heterocycles. The fraction of sp³-hybridized carbons (Fsp3) is 0.375. The Morgan fingerprint density at radius 3 is 2.43 bits per heavy atom. The molecule has 0 saturated carbocycles. The number of carbonyl (C=O) groups excluding carboxylic acids is 2. The highest BCUT2D eigenvalue weighted by Gasteiger charge is 2.12. The molecule has 7 heteroatoms. The molecule has 0 fully saturated rings. The minimum Gasteiger partial charge on any atom is -0.369 e. The SMILES string of the molecule is CCc1ccc(Cn2nc(CC(N)=O)nc2CNC(C)=O)cc1. The molecule has 2 rings (SSSR count). The Morgan fingerprint density at radius 2 is 1.87 bits per heavy atom. The smallest absolute Gasteiger partial charge is 0.225 e. The number of nitrogens with one attached hydrogen (secondary N) is 1. The van der Waals surface area contributed by atoms with E-state index in [0.717, 1.165) is 12.0 Å². The monoisotopic (exact) mass is 315 g/mol. The molecule has 1 heterocycles. The van der Waals surface area contributed by atoms with Crippen molar-refractivity contribution in [2.45, 2.75) is 39.8 Å². The molecule has 23 heavy (non-hydrogen) atoms. The maximum absolute atomic E-state index is 11.1. The molecular weight excluding hydrogens is 294 g/mol. The molecule has 0 unspecified atom stereocenters. The van der Waals surface area contributed by atoms with Gasteiger partial charge in [0.1, 0.15) is 5.82 Å². The maximum atomic E-state index is 11.1. The number of primary amides is 1. The lowest BCUT2D eigenvalue weighted by Gasteiger charge is -2.07. The molecular formula is C16H21N5O2. The number of benzene rings is 1. The van der Waals surface area contributed by atoms with E-state index in [1.54, 1.807) is 4.68 Å². The number of nitrogens with two attached hydrogens (primary N) is 1. The number of rotatable bonds is 7. The summed E-state index contributed by atoms with van der Waals surface area (Å²) < 4.78 is 1.69. The van der Waals surface area contributed by atoms with E-state index >= 15 is 0 Å². The van der Waals surface area contributed by atoms with Crippen LogP contribution in [0.1, 0.15) is 36.6 Å². The number of aryl methyl sites for hydroxylation is 1. The zero-order valence-electron chi connectivity index (χ0n) is 13.4. The molecule has 3 N–H and O–H groups in total. The lowest BCUT2D eigenvalue weighted by Crippen LogP contribution is -2.22. The van der Waals surface area contributed by atoms with Crippen LogP contribution in [0.3, 0.4) is 0 Å². The van der Waals surface area contributed by atoms with E-state index in [-0.39, 0.29) is 18.9 Å². The quantitative estimate of drug-likeness (QED) is 0.779. The third-order valence-electron chi connectivity index (χ3n) is 3.38. The summed E-state index contributed by atoms with van der Waals surface area (Å²) in [4.78, 5) is 26.4. The van der Waals surface area contributed by atoms with Gasteiger partial charge in [0.05, 0.1) is 19.5 Å². The highest BCUT2D eigenvalue weighted by molar-refractivity contribution is 5.75. The average molecular weight is 315 g/mol. The van der Waals surface area contributed by atoms with Crippen LogP contribution in [0.15, 0.2) is 24.3 Å². The summed E-state index contributed by atoms with van der Waals surface area (Å²) in [7, 11) is 0. The van der Waals surface area contributed by atoms with Gasteiger partial charge in [-0.1, -0.05) is 31.2 Å². The number of carbonyl (C=O) groups is 2. The Labute approximate surface area is 134 Å². The van der Waals surface area contributed by atoms with Crippen LogP contribution in [0, 0.1) is 0 Å². The predicted octanol–water partition coefficient (Wildman–Crippen LogP) is 0.553. The normalized spacial score (nSPS) is 10.5. The number of aromatic nitrogens is 3. The first-order valence-electron chi connectivity index (χ1n) is 7.51. The van der Waals surface area contributed by atoms with Crippen molar-refractivity contribution in [3.05, 3.63) is 47.0 Å². The van der Waals surface area contributed by atoms with Crippen LogP contribution in [0.5, 0.6) is 0 Å². The van der Waals surface area contributed by atoms with E-state index in [1.165, 1.54) is 12.5 Å². The van der Waals surface area contributed by atoms with Gasteiger partial charge in [-0.05, 0) is 17.5 Å². The summed E-state index contributed by atoms with van der Waals surface area (Å²) in [5.41, 5.74) is 7.53. The van der Waals surface area contributed by atoms with Crippen molar-refractivity contribution in [2.75, 3.05) is 0 Å². The lowest BCUT2D eigenvalue weighted by molar-refractivity contribution is -0.119. The molecule has 0 spiro atoms. The van der Waals surface area contributed by atoms with Crippen molar-refractivity contribution in [2.24, 2.45) is 5.73 Å². The van der Waals surface area contributed by atoms with Crippen LogP contribution >= 0.6 is 0 Å². The number of hydrogen-bond acceptors (Lipinski definition) is 4. The van der Waals surface area contributed by atoms with Gasteiger partial charge in [0, 0.05) is 6.92 Å². The second-order valence-electron chi connectivity index (χ2n) is 5.32. The minimum absolute atomic E-state index is 0.0190. The molecule has 0 atom stereocenters. The highest BCUT2D eigenvalue weighted by Crippen LogP contribution is 2.09. The molecule has 2 aromatic rings. The third-order valence-corrected chi connectivity index (χ3v) is 3.38. The van der Waals surface area contributed by atoms with Gasteiger partial charge in [0.15, 0.2) is 5.82 Å². The molecule has 1 aromatic carbocycles. The maximum Gasteiger partial charge on any atom is 0.225 e. The van der Waals surface area contributed by atoms with Crippen molar-refractivity contribution < 1.29 is 9.59 Å². The van der Waals surface area contributed by atoms with Gasteiger partial charge in [-0.15, -0.1) is 0 Å². The van der Waals surface area contributed by atoms with Gasteiger partial charge in [-0.2, -0.15) is 5.10 Å². The third kappa shape index (κ3) is 4.91. The first-order chi connectivity index (χ1) is 11.0. The van der Waals surface area contributed by atoms with Crippen LogP contribution in [0.2, 0.25) is 0 Å². The van der Waals surface area contributed by atoms with Crippen molar-refractivity contribution in [3.8, 4) is 0 Å². The largest absolute Gasteiger partial charge is 0.369 e. The minimum atomic E-state index is -0.486. The Kier molecular flexibility index (Phi) is 5.46. The van der Waals surface area contributed by atoms with Crippen LogP contribution in [0.25, 0.3) is 0 Å². The van der Waals surface area contributed by atoms with E-state index in [9.17, 15) is 9.59 Å². The van der Waals surface area contributed by atoms with Gasteiger partial charge >= 0.3 is 0 Å². The zero-order valence-corrected chi connectivity index (χ0v) is 13.4. The van der Waals surface area contributed by atoms with E-state index < -0.39 is 5.91 Å². The summed E-state index contributed by atoms with van der Waals surface area (Å²) >= 11 is 0. The summed E-state index contributed by atoms with van der Waals surface area (Å²) in [5.74, 6) is 0.322. The van der Waals surface area contributed by atoms with Crippen LogP contribution < -0.4 is 11.1 Å². The number of amides is 2. The first kappa shape index (κ1) is 16.7. The summed E-state index contributed by atoms with van der Waals surface area (Å²) in [6, 6.07) is 8.22. The van der Waals surface area contributed by atoms with Crippen molar-refractivity contribution in [3.63, 3.8) is 0 Å². The van der Waals surface area contributed by atoms with E-state index in [4.69, 9.17) is 5.73 Å². The average Bonchev–Trinajstić information content (AvgIpc) is 2.86. The molecule has 7 nitrogen and oxygen atoms in total. The second-order valence-corrected chi connectivity index (χ2v) is 5.32. The van der Waals surface area contributed by atoms with Crippen molar-refractivity contribution in [1.82, 2.24) is 20.1 Å². The Bertz CT molecular complexity index is 691. The standard InChI is InChI=1S/C16H21N5O2/c1-3-12-4-6-13(7-5-12)10-21-16(9-18-11(2)22)19-15(20-21)8-14(17)23/h4-7H,3,8-10H2,1-2H3,(H2,17,23)(H,18,22). The van der Waals surface area contributed by atoms with Gasteiger partial charge in [0.25, 0.3) is 0 Å². The number of hydrogen-bond donors (Lipinski definition) is 2. The van der Waals surface area contributed by atoms with E-state index in [1.807, 2.05) is 12.1 Å². The molecule has 0 saturated heterocycles. The Morgan fingerprint density at radius 1 is 1.22 bits per heavy atom. The molecule has 122 valence electrons. The molecule has 0 bridgehead atoms. The summed E-state index contributed by atoms with van der Waals surface area (Å²) in [6.07, 6.45) is 0.967. The fourth-order valence-electron chi connectivity index (χ4n) is 2.17. The Hall–Kier alpha value is -2.70. The lowest BCUT2D eigenvalue weighted by atomic mass is 10.1. The zero-order chi connectivity index (χ0) is 16.8. The summed E-state index contributed by atoms with van der Waals surface area (Å²) in [6.45, 7) is 4.32. The van der Waals surface area contributed by atoms with E-state index in [2.05, 4.69) is 34.5 Å². The van der Waals surface area contributed by atoms with Crippen molar-refractivity contribution >= 4 is 11.8 Å². The molecule has 0 aliphatic carbocycles. The fourth-order valence-corrected chi connectivity index (χ4v) is 2.17. The predicted molar refractivity (Wildman–Crippen MR) is 85.4 cm³/mol. The van der Waals surface area contributed by atoms with Crippen LogP contribution in [-0.2, 0) is 35.5 Å². The molecule has 1 aromatic heterocycles. The summed E-state index contributed by atoms with van der Waals surface area (Å²) in [5, 5.41) is 7.01. The first-order valence-corrected chi connectivity index (χ1v) is 7.51. The van der Waals surface area contributed by atoms with Gasteiger partial charge in [0.2, 0.25) is 11.8 Å². The Balaban J connectivity index is 2.20. The molecule has 0 aliphatic rings. The van der Waals surface area contributed by atoms with Gasteiger partial charge in [-0.25, -0.2) is 9.67 Å². The molecule has 2 amide bonds. The second kappa shape index (κ2) is 7.53. The van der Waals surface area contributed by atoms with Crippen LogP contribution in [0.4, 0.5) is 0 Å². The highest BCUT2D eigenvalue weighted by atomic mass is 16.1.